The number of fused-ring (bicyclic) bond motifs is 3. The van der Waals surface area contributed by atoms with E-state index in [4.69, 9.17) is 9.84 Å². The van der Waals surface area contributed by atoms with Crippen molar-refractivity contribution in [2.75, 3.05) is 13.2 Å². The number of nitrogens with one attached hydrogen (secondary N) is 1. The van der Waals surface area contributed by atoms with Gasteiger partial charge in [-0.15, -0.1) is 0 Å². The van der Waals surface area contributed by atoms with Crippen LogP contribution < -0.4 is 5.32 Å². The Labute approximate surface area is 181 Å². The summed E-state index contributed by atoms with van der Waals surface area (Å²) in [5.41, 5.74) is 6.27. The van der Waals surface area contributed by atoms with E-state index in [-0.39, 0.29) is 25.5 Å². The maximum absolute atomic E-state index is 12.2. The molecule has 31 heavy (non-hydrogen) atoms. The van der Waals surface area contributed by atoms with Crippen LogP contribution >= 0.6 is 0 Å². The van der Waals surface area contributed by atoms with E-state index in [0.717, 1.165) is 11.1 Å². The highest BCUT2D eigenvalue weighted by Crippen LogP contribution is 2.44. The molecule has 3 aromatic rings. The summed E-state index contributed by atoms with van der Waals surface area (Å²) >= 11 is 0. The number of carbonyl (C=O) groups is 2. The van der Waals surface area contributed by atoms with E-state index in [0.29, 0.717) is 0 Å². The van der Waals surface area contributed by atoms with Crippen LogP contribution in [0.1, 0.15) is 28.2 Å². The van der Waals surface area contributed by atoms with E-state index in [1.807, 2.05) is 48.5 Å². The van der Waals surface area contributed by atoms with Crippen LogP contribution in [0, 0.1) is 0 Å². The van der Waals surface area contributed by atoms with Crippen LogP contribution in [0.3, 0.4) is 0 Å². The molecule has 0 atom stereocenters. The van der Waals surface area contributed by atoms with Gasteiger partial charge in [-0.2, -0.15) is 0 Å². The average Bonchev–Trinajstić information content (AvgIpc) is 3.10. The summed E-state index contributed by atoms with van der Waals surface area (Å²) in [6, 6.07) is 23.7. The summed E-state index contributed by atoms with van der Waals surface area (Å²) in [6.07, 6.45) is 3.06. The van der Waals surface area contributed by atoms with Crippen molar-refractivity contribution in [3.63, 3.8) is 0 Å². The molecule has 0 saturated heterocycles. The predicted molar refractivity (Wildman–Crippen MR) is 120 cm³/mol. The third kappa shape index (κ3) is 4.67. The molecule has 5 heteroatoms. The Balaban J connectivity index is 1.33. The molecule has 1 aliphatic carbocycles. The number of carboxylic acid groups (broad SMARTS) is 1. The zero-order valence-electron chi connectivity index (χ0n) is 17.0. The number of hydrogen-bond acceptors (Lipinski definition) is 3. The first-order valence-electron chi connectivity index (χ1n) is 10.2. The monoisotopic (exact) mass is 413 g/mol. The molecular formula is C26H23NO4. The van der Waals surface area contributed by atoms with Crippen molar-refractivity contribution in [1.29, 1.82) is 0 Å². The number of benzene rings is 3. The molecule has 0 unspecified atom stereocenters. The van der Waals surface area contributed by atoms with Gasteiger partial charge >= 0.3 is 12.1 Å². The van der Waals surface area contributed by atoms with Gasteiger partial charge in [-0.1, -0.05) is 84.9 Å². The number of rotatable bonds is 7. The van der Waals surface area contributed by atoms with E-state index >= 15 is 0 Å². The number of hydrogen-bond donors (Lipinski definition) is 2. The molecule has 2 N–H and O–H groups in total. The van der Waals surface area contributed by atoms with E-state index < -0.39 is 12.1 Å². The zero-order valence-corrected chi connectivity index (χ0v) is 17.0. The summed E-state index contributed by atoms with van der Waals surface area (Å²) in [5.74, 6) is -0.853. The van der Waals surface area contributed by atoms with E-state index in [1.165, 1.54) is 22.3 Å². The number of aliphatic carboxylic acids is 1. The fraction of sp³-hybridized carbons (Fsp3) is 0.154. The largest absolute Gasteiger partial charge is 0.481 e. The van der Waals surface area contributed by atoms with Crippen molar-refractivity contribution in [3.05, 3.63) is 101 Å². The second-order valence-corrected chi connectivity index (χ2v) is 7.38. The van der Waals surface area contributed by atoms with Gasteiger partial charge in [-0.3, -0.25) is 4.79 Å². The Morgan fingerprint density at radius 1 is 0.903 bits per heavy atom. The van der Waals surface area contributed by atoms with Gasteiger partial charge in [-0.05, 0) is 33.4 Å². The zero-order chi connectivity index (χ0) is 21.6. The van der Waals surface area contributed by atoms with Crippen LogP contribution in [0.25, 0.3) is 17.2 Å². The molecule has 0 saturated carbocycles. The molecule has 0 bridgehead atoms. The first-order valence-corrected chi connectivity index (χ1v) is 10.2. The molecule has 0 radical (unpaired) electrons. The standard InChI is InChI=1S/C26H23NO4/c28-25(29)16-19-9-2-1-8-18(19)10-7-15-27-26(30)31-17-24-22-13-5-3-11-20(22)21-12-4-6-14-23(21)24/h1-14,24H,15-17H2,(H,27,30)(H,28,29). The molecule has 0 aliphatic heterocycles. The number of ether oxygens (including phenoxy) is 1. The Morgan fingerprint density at radius 2 is 1.52 bits per heavy atom. The van der Waals surface area contributed by atoms with Crippen LogP contribution in [0.2, 0.25) is 0 Å². The second kappa shape index (κ2) is 9.30. The van der Waals surface area contributed by atoms with Gasteiger partial charge in [-0.25, -0.2) is 4.79 Å². The van der Waals surface area contributed by atoms with Crippen molar-refractivity contribution >= 4 is 18.1 Å². The fourth-order valence-electron chi connectivity index (χ4n) is 4.00. The minimum Gasteiger partial charge on any atom is -0.481 e. The lowest BCUT2D eigenvalue weighted by molar-refractivity contribution is -0.136. The second-order valence-electron chi connectivity index (χ2n) is 7.38. The molecule has 0 aromatic heterocycles. The molecular weight excluding hydrogens is 390 g/mol. The highest BCUT2D eigenvalue weighted by atomic mass is 16.5. The molecule has 1 aliphatic rings. The van der Waals surface area contributed by atoms with Crippen LogP contribution in [0.15, 0.2) is 78.9 Å². The quantitative estimate of drug-likeness (QED) is 0.580. The summed E-state index contributed by atoms with van der Waals surface area (Å²) < 4.78 is 5.51. The van der Waals surface area contributed by atoms with Crippen LogP contribution in [-0.2, 0) is 16.0 Å². The van der Waals surface area contributed by atoms with Crippen LogP contribution in [-0.4, -0.2) is 30.3 Å². The lowest BCUT2D eigenvalue weighted by Crippen LogP contribution is -2.26. The number of carbonyl (C=O) groups excluding carboxylic acids is 1. The molecule has 1 amide bonds. The molecule has 0 spiro atoms. The lowest BCUT2D eigenvalue weighted by Gasteiger charge is -2.14. The highest BCUT2D eigenvalue weighted by molar-refractivity contribution is 5.79. The lowest BCUT2D eigenvalue weighted by atomic mass is 9.98. The smallest absolute Gasteiger partial charge is 0.407 e. The third-order valence-corrected chi connectivity index (χ3v) is 5.40. The van der Waals surface area contributed by atoms with Gasteiger partial charge in [0, 0.05) is 12.5 Å². The molecule has 4 rings (SSSR count). The van der Waals surface area contributed by atoms with Gasteiger partial charge < -0.3 is 15.2 Å². The number of amides is 1. The molecule has 0 heterocycles. The summed E-state index contributed by atoms with van der Waals surface area (Å²) in [4.78, 5) is 23.2. The van der Waals surface area contributed by atoms with Crippen molar-refractivity contribution in [2.45, 2.75) is 12.3 Å². The van der Waals surface area contributed by atoms with Gasteiger partial charge in [0.05, 0.1) is 6.42 Å². The minimum atomic E-state index is -0.877. The summed E-state index contributed by atoms with van der Waals surface area (Å²) in [7, 11) is 0. The topological polar surface area (TPSA) is 75.6 Å². The molecule has 5 nitrogen and oxygen atoms in total. The molecule has 156 valence electrons. The summed E-state index contributed by atoms with van der Waals surface area (Å²) in [6.45, 7) is 0.559. The van der Waals surface area contributed by atoms with Crippen LogP contribution in [0.5, 0.6) is 0 Å². The van der Waals surface area contributed by atoms with E-state index in [9.17, 15) is 9.59 Å². The Hall–Kier alpha value is -3.86. The van der Waals surface area contributed by atoms with E-state index in [2.05, 4.69) is 29.6 Å². The van der Waals surface area contributed by atoms with Crippen molar-refractivity contribution in [1.82, 2.24) is 5.32 Å². The average molecular weight is 413 g/mol. The number of alkyl carbamates (subject to hydrolysis) is 1. The molecule has 3 aromatic carbocycles. The van der Waals surface area contributed by atoms with Crippen molar-refractivity contribution < 1.29 is 19.4 Å². The predicted octanol–water partition coefficient (Wildman–Crippen LogP) is 4.87. The van der Waals surface area contributed by atoms with Gasteiger partial charge in [0.2, 0.25) is 0 Å². The first kappa shape index (κ1) is 20.4. The maximum atomic E-state index is 12.2. The Kier molecular flexibility index (Phi) is 6.13. The molecule has 0 fully saturated rings. The summed E-state index contributed by atoms with van der Waals surface area (Å²) in [5, 5.41) is 11.7. The number of carboxylic acids is 1. The fourth-order valence-corrected chi connectivity index (χ4v) is 4.00. The SMILES string of the molecule is O=C(O)Cc1ccccc1C=CCNC(=O)OCC1c2ccccc2-c2ccccc21. The normalized spacial score (nSPS) is 12.4. The maximum Gasteiger partial charge on any atom is 0.407 e. The Bertz CT molecular complexity index is 1090. The van der Waals surface area contributed by atoms with Gasteiger partial charge in [0.25, 0.3) is 0 Å². The first-order chi connectivity index (χ1) is 15.1. The van der Waals surface area contributed by atoms with Crippen molar-refractivity contribution in [3.8, 4) is 11.1 Å². The highest BCUT2D eigenvalue weighted by Gasteiger charge is 2.28. The van der Waals surface area contributed by atoms with Gasteiger partial charge in [0.1, 0.15) is 6.61 Å². The minimum absolute atomic E-state index is 0.0246. The van der Waals surface area contributed by atoms with Crippen molar-refractivity contribution in [2.24, 2.45) is 0 Å². The van der Waals surface area contributed by atoms with Crippen LogP contribution in [0.4, 0.5) is 4.79 Å². The van der Waals surface area contributed by atoms with Gasteiger partial charge in [0.15, 0.2) is 0 Å². The van der Waals surface area contributed by atoms with E-state index in [1.54, 1.807) is 12.1 Å². The Morgan fingerprint density at radius 3 is 2.19 bits per heavy atom. The third-order valence-electron chi connectivity index (χ3n) is 5.40.